The van der Waals surface area contributed by atoms with Crippen molar-refractivity contribution >= 4 is 10.8 Å². The van der Waals surface area contributed by atoms with E-state index in [1.165, 1.54) is 27.5 Å². The highest BCUT2D eigenvalue weighted by Gasteiger charge is 2.09. The highest BCUT2D eigenvalue weighted by atomic mass is 14.1. The van der Waals surface area contributed by atoms with E-state index in [1.54, 1.807) is 0 Å². The first kappa shape index (κ1) is 11.2. The van der Waals surface area contributed by atoms with Gasteiger partial charge in [-0.05, 0) is 52.8 Å². The average Bonchev–Trinajstić information content (AvgIpc) is 2.36. The highest BCUT2D eigenvalue weighted by molar-refractivity contribution is 5.87. The zero-order valence-corrected chi connectivity index (χ0v) is 10.4. The molecular formula is C16H19. The van der Waals surface area contributed by atoms with E-state index in [0.29, 0.717) is 0 Å². The van der Waals surface area contributed by atoms with Crippen molar-refractivity contribution in [1.82, 2.24) is 0 Å². The van der Waals surface area contributed by atoms with Gasteiger partial charge >= 0.3 is 0 Å². The Morgan fingerprint density at radius 3 is 2.19 bits per heavy atom. The minimum Gasteiger partial charge on any atom is -0.0616 e. The molecule has 0 heterocycles. The first-order valence-electron chi connectivity index (χ1n) is 6.26. The van der Waals surface area contributed by atoms with Gasteiger partial charge in [0.25, 0.3) is 0 Å². The molecule has 0 spiro atoms. The topological polar surface area (TPSA) is 0 Å². The lowest BCUT2D eigenvalue weighted by Crippen LogP contribution is -1.99. The van der Waals surface area contributed by atoms with Crippen molar-refractivity contribution in [2.24, 2.45) is 0 Å². The zero-order chi connectivity index (χ0) is 11.5. The van der Waals surface area contributed by atoms with E-state index in [0.717, 1.165) is 19.3 Å². The third-order valence-electron chi connectivity index (χ3n) is 3.33. The second kappa shape index (κ2) is 4.69. The molecule has 0 heteroatoms. The van der Waals surface area contributed by atoms with Crippen LogP contribution in [0.5, 0.6) is 0 Å². The van der Waals surface area contributed by atoms with Gasteiger partial charge in [0.2, 0.25) is 0 Å². The first-order chi connectivity index (χ1) is 7.81. The predicted octanol–water partition coefficient (Wildman–Crippen LogP) is 4.33. The Morgan fingerprint density at radius 2 is 1.56 bits per heavy atom. The summed E-state index contributed by atoms with van der Waals surface area (Å²) in [6.45, 7) is 6.72. The molecule has 2 aromatic carbocycles. The predicted molar refractivity (Wildman–Crippen MR) is 70.9 cm³/mol. The molecule has 0 aliphatic heterocycles. The Bertz CT molecular complexity index is 495. The molecule has 0 saturated carbocycles. The van der Waals surface area contributed by atoms with E-state index < -0.39 is 0 Å². The van der Waals surface area contributed by atoms with Gasteiger partial charge in [0.1, 0.15) is 0 Å². The van der Waals surface area contributed by atoms with Crippen molar-refractivity contribution in [3.05, 3.63) is 47.0 Å². The van der Waals surface area contributed by atoms with Crippen LogP contribution in [0.25, 0.3) is 10.8 Å². The molecule has 0 aliphatic carbocycles. The lowest BCUT2D eigenvalue weighted by molar-refractivity contribution is 0.992. The van der Waals surface area contributed by atoms with Crippen LogP contribution in [0.4, 0.5) is 0 Å². The summed E-state index contributed by atoms with van der Waals surface area (Å²) in [7, 11) is 0. The van der Waals surface area contributed by atoms with Crippen molar-refractivity contribution in [2.75, 3.05) is 0 Å². The maximum absolute atomic E-state index is 3.57. The summed E-state index contributed by atoms with van der Waals surface area (Å²) < 4.78 is 0. The second-order valence-electron chi connectivity index (χ2n) is 4.17. The van der Waals surface area contributed by atoms with Gasteiger partial charge in [0.15, 0.2) is 0 Å². The molecule has 83 valence electrons. The summed E-state index contributed by atoms with van der Waals surface area (Å²) in [4.78, 5) is 0. The summed E-state index contributed by atoms with van der Waals surface area (Å²) >= 11 is 0. The maximum atomic E-state index is 3.57. The molecule has 0 saturated heterocycles. The number of hydrogen-bond donors (Lipinski definition) is 0. The van der Waals surface area contributed by atoms with Crippen molar-refractivity contribution < 1.29 is 0 Å². The van der Waals surface area contributed by atoms with Gasteiger partial charge in [0.05, 0.1) is 0 Å². The van der Waals surface area contributed by atoms with Crippen LogP contribution in [0.2, 0.25) is 0 Å². The summed E-state index contributed by atoms with van der Waals surface area (Å²) in [5.41, 5.74) is 4.44. The first-order valence-corrected chi connectivity index (χ1v) is 6.26. The van der Waals surface area contributed by atoms with E-state index in [4.69, 9.17) is 0 Å². The molecule has 0 bridgehead atoms. The van der Waals surface area contributed by atoms with Gasteiger partial charge in [-0.25, -0.2) is 0 Å². The molecule has 0 N–H and O–H groups in total. The maximum Gasteiger partial charge on any atom is -0.00613 e. The molecule has 2 aromatic rings. The van der Waals surface area contributed by atoms with Crippen LogP contribution >= 0.6 is 0 Å². The average molecular weight is 211 g/mol. The molecule has 0 nitrogen and oxygen atoms in total. The van der Waals surface area contributed by atoms with Gasteiger partial charge in [-0.15, -0.1) is 0 Å². The van der Waals surface area contributed by atoms with Gasteiger partial charge < -0.3 is 0 Å². The molecule has 0 unspecified atom stereocenters. The molecule has 0 atom stereocenters. The van der Waals surface area contributed by atoms with Crippen LogP contribution in [0.3, 0.4) is 0 Å². The highest BCUT2D eigenvalue weighted by Crippen LogP contribution is 2.26. The third-order valence-corrected chi connectivity index (χ3v) is 3.33. The number of hydrogen-bond acceptors (Lipinski definition) is 0. The van der Waals surface area contributed by atoms with Crippen LogP contribution in [-0.2, 0) is 19.3 Å². The Morgan fingerprint density at radius 1 is 0.875 bits per heavy atom. The number of benzene rings is 2. The quantitative estimate of drug-likeness (QED) is 0.709. The molecule has 0 aromatic heterocycles. The molecule has 1 radical (unpaired) electrons. The SMILES string of the molecule is CCc1[c]c2ccccc2c(CC)c1CC. The largest absolute Gasteiger partial charge is 0.0616 e. The Kier molecular flexibility index (Phi) is 3.28. The molecule has 2 rings (SSSR count). The Hall–Kier alpha value is -1.30. The van der Waals surface area contributed by atoms with Crippen LogP contribution in [0, 0.1) is 6.07 Å². The summed E-state index contributed by atoms with van der Waals surface area (Å²) in [5.74, 6) is 0. The second-order valence-corrected chi connectivity index (χ2v) is 4.17. The van der Waals surface area contributed by atoms with Crippen LogP contribution in [-0.4, -0.2) is 0 Å². The van der Waals surface area contributed by atoms with Gasteiger partial charge in [-0.1, -0.05) is 45.0 Å². The molecule has 0 amide bonds. The van der Waals surface area contributed by atoms with Crippen molar-refractivity contribution in [3.8, 4) is 0 Å². The standard InChI is InChI=1S/C16H19/c1-4-12-11-13-9-7-8-10-16(13)15(6-3)14(12)5-2/h7-10H,4-6H2,1-3H3. The van der Waals surface area contributed by atoms with Gasteiger partial charge in [-0.3, -0.25) is 0 Å². The monoisotopic (exact) mass is 211 g/mol. The van der Waals surface area contributed by atoms with E-state index in [1.807, 2.05) is 0 Å². The van der Waals surface area contributed by atoms with Crippen LogP contribution in [0.15, 0.2) is 24.3 Å². The summed E-state index contributed by atoms with van der Waals surface area (Å²) in [6.07, 6.45) is 3.32. The zero-order valence-electron chi connectivity index (χ0n) is 10.4. The minimum atomic E-state index is 1.08. The molecular weight excluding hydrogens is 192 g/mol. The van der Waals surface area contributed by atoms with Gasteiger partial charge in [-0.2, -0.15) is 0 Å². The van der Waals surface area contributed by atoms with Gasteiger partial charge in [0, 0.05) is 0 Å². The van der Waals surface area contributed by atoms with E-state index in [2.05, 4.69) is 51.1 Å². The molecule has 0 aliphatic rings. The number of rotatable bonds is 3. The lowest BCUT2D eigenvalue weighted by Gasteiger charge is -2.14. The lowest BCUT2D eigenvalue weighted by atomic mass is 9.90. The molecule has 16 heavy (non-hydrogen) atoms. The summed E-state index contributed by atoms with van der Waals surface area (Å²) in [5, 5.41) is 2.66. The Balaban J connectivity index is 2.82. The van der Waals surface area contributed by atoms with Crippen LogP contribution in [0.1, 0.15) is 37.5 Å². The van der Waals surface area contributed by atoms with Crippen molar-refractivity contribution in [3.63, 3.8) is 0 Å². The fraction of sp³-hybridized carbons (Fsp3) is 0.375. The number of aryl methyl sites for hydroxylation is 2. The Labute approximate surface area is 98.3 Å². The minimum absolute atomic E-state index is 1.08. The van der Waals surface area contributed by atoms with Crippen molar-refractivity contribution in [1.29, 1.82) is 0 Å². The fourth-order valence-electron chi connectivity index (χ4n) is 2.57. The van der Waals surface area contributed by atoms with E-state index in [-0.39, 0.29) is 0 Å². The third kappa shape index (κ3) is 1.73. The smallest absolute Gasteiger partial charge is 0.00613 e. The molecule has 0 fully saturated rings. The fourth-order valence-corrected chi connectivity index (χ4v) is 2.57. The number of fused-ring (bicyclic) bond motifs is 1. The summed E-state index contributed by atoms with van der Waals surface area (Å²) in [6, 6.07) is 12.2. The van der Waals surface area contributed by atoms with E-state index in [9.17, 15) is 0 Å². The van der Waals surface area contributed by atoms with E-state index >= 15 is 0 Å². The van der Waals surface area contributed by atoms with Crippen LogP contribution < -0.4 is 0 Å². The van der Waals surface area contributed by atoms with Crippen molar-refractivity contribution in [2.45, 2.75) is 40.0 Å². The normalized spacial score (nSPS) is 10.9.